The van der Waals surface area contributed by atoms with Crippen molar-refractivity contribution in [1.29, 1.82) is 0 Å². The third kappa shape index (κ3) is 3.86. The van der Waals surface area contributed by atoms with Crippen molar-refractivity contribution in [1.82, 2.24) is 30.4 Å². The minimum atomic E-state index is -0.490. The summed E-state index contributed by atoms with van der Waals surface area (Å²) in [5.74, 6) is -0.144. The van der Waals surface area contributed by atoms with Crippen LogP contribution in [0.2, 0.25) is 0 Å². The maximum absolute atomic E-state index is 13.6. The number of aryl methyl sites for hydroxylation is 1. The zero-order chi connectivity index (χ0) is 23.7. The van der Waals surface area contributed by atoms with Gasteiger partial charge >= 0.3 is 0 Å². The van der Waals surface area contributed by atoms with Gasteiger partial charge in [-0.25, -0.2) is 9.07 Å². The topological polar surface area (TPSA) is 137 Å². The van der Waals surface area contributed by atoms with Crippen molar-refractivity contribution < 1.29 is 9.50 Å². The number of halogens is 1. The summed E-state index contributed by atoms with van der Waals surface area (Å²) in [4.78, 5) is 12.8. The van der Waals surface area contributed by atoms with Crippen LogP contribution in [-0.4, -0.2) is 35.5 Å². The van der Waals surface area contributed by atoms with Gasteiger partial charge in [0.1, 0.15) is 11.5 Å². The maximum atomic E-state index is 13.6. The smallest absolute Gasteiger partial charge is 0.299 e. The first-order valence-electron chi connectivity index (χ1n) is 10.2. The number of aromatic nitrogens is 6. The molecule has 0 aliphatic rings. The Balaban J connectivity index is 1.49. The molecular formula is C23H17FN8O2. The van der Waals surface area contributed by atoms with E-state index in [1.54, 1.807) is 31.2 Å². The molecule has 0 aliphatic heterocycles. The first-order valence-corrected chi connectivity index (χ1v) is 10.2. The molecular weight excluding hydrogens is 439 g/mol. The number of H-pyrrole nitrogens is 2. The zero-order valence-electron chi connectivity index (χ0n) is 17.8. The Bertz CT molecular complexity index is 1570. The number of azo groups is 1. The summed E-state index contributed by atoms with van der Waals surface area (Å²) in [5.41, 5.74) is 2.47. The number of rotatable bonds is 5. The van der Waals surface area contributed by atoms with E-state index in [9.17, 15) is 14.3 Å². The van der Waals surface area contributed by atoms with Gasteiger partial charge in [0.2, 0.25) is 5.82 Å². The first kappa shape index (κ1) is 20.9. The summed E-state index contributed by atoms with van der Waals surface area (Å²) >= 11 is 0. The lowest BCUT2D eigenvalue weighted by atomic mass is 10.0. The number of hydrogen-bond acceptors (Lipinski definition) is 7. The van der Waals surface area contributed by atoms with Crippen LogP contribution in [0, 0.1) is 12.7 Å². The van der Waals surface area contributed by atoms with E-state index >= 15 is 0 Å². The van der Waals surface area contributed by atoms with Crippen LogP contribution in [0.3, 0.4) is 0 Å². The number of phenols is 1. The molecule has 0 spiro atoms. The molecule has 5 rings (SSSR count). The van der Waals surface area contributed by atoms with Gasteiger partial charge in [-0.05, 0) is 48.0 Å². The fourth-order valence-corrected chi connectivity index (χ4v) is 3.51. The summed E-state index contributed by atoms with van der Waals surface area (Å²) in [7, 11) is 0. The Hall–Kier alpha value is -4.93. The lowest BCUT2D eigenvalue weighted by molar-refractivity contribution is 0.478. The standard InChI is InChI=1S/C23H17FN8O2/c1-13-20(23(34)32(29-13)17-8-3-7-16(24)12-17)26-25-19-10-4-9-18(21(19)33)14-5-2-6-15(11-14)22-27-30-31-28-22/h2-12,29,33H,1H3,(H,27,28,30,31). The first-order chi connectivity index (χ1) is 16.5. The minimum Gasteiger partial charge on any atom is -0.505 e. The maximum Gasteiger partial charge on any atom is 0.299 e. The normalized spacial score (nSPS) is 11.4. The predicted molar refractivity (Wildman–Crippen MR) is 122 cm³/mol. The molecule has 0 bridgehead atoms. The van der Waals surface area contributed by atoms with E-state index in [4.69, 9.17) is 0 Å². The molecule has 34 heavy (non-hydrogen) atoms. The Morgan fingerprint density at radius 2 is 1.79 bits per heavy atom. The van der Waals surface area contributed by atoms with Crippen molar-refractivity contribution in [2.45, 2.75) is 6.92 Å². The second kappa shape index (κ2) is 8.54. The Kier molecular flexibility index (Phi) is 5.26. The molecule has 0 radical (unpaired) electrons. The molecule has 0 unspecified atom stereocenters. The highest BCUT2D eigenvalue weighted by Gasteiger charge is 2.14. The number of aromatic amines is 2. The van der Waals surface area contributed by atoms with Crippen molar-refractivity contribution in [3.8, 4) is 34.0 Å². The van der Waals surface area contributed by atoms with E-state index in [0.717, 1.165) is 5.56 Å². The average molecular weight is 456 g/mol. The summed E-state index contributed by atoms with van der Waals surface area (Å²) in [6.07, 6.45) is 0. The number of phenolic OH excluding ortho intramolecular Hbond substituents is 1. The number of para-hydroxylation sites is 1. The highest BCUT2D eigenvalue weighted by Crippen LogP contribution is 2.38. The van der Waals surface area contributed by atoms with E-state index in [1.165, 1.54) is 22.9 Å². The van der Waals surface area contributed by atoms with E-state index < -0.39 is 11.4 Å². The number of tetrazole rings is 1. The second-order valence-corrected chi connectivity index (χ2v) is 7.40. The van der Waals surface area contributed by atoms with Crippen LogP contribution in [-0.2, 0) is 0 Å². The molecule has 0 aliphatic carbocycles. The van der Waals surface area contributed by atoms with Gasteiger partial charge in [0, 0.05) is 11.1 Å². The van der Waals surface area contributed by atoms with Crippen LogP contribution in [0.5, 0.6) is 5.75 Å². The van der Waals surface area contributed by atoms with E-state index in [0.29, 0.717) is 28.3 Å². The Labute approximate surface area is 191 Å². The molecule has 0 atom stereocenters. The third-order valence-corrected chi connectivity index (χ3v) is 5.16. The Morgan fingerprint density at radius 1 is 1.00 bits per heavy atom. The van der Waals surface area contributed by atoms with Gasteiger partial charge in [0.25, 0.3) is 5.56 Å². The summed E-state index contributed by atoms with van der Waals surface area (Å²) < 4.78 is 14.8. The van der Waals surface area contributed by atoms with Gasteiger partial charge in [-0.2, -0.15) is 5.21 Å². The van der Waals surface area contributed by atoms with Crippen LogP contribution in [0.15, 0.2) is 81.8 Å². The van der Waals surface area contributed by atoms with Gasteiger partial charge in [0.05, 0.1) is 11.4 Å². The van der Waals surface area contributed by atoms with Crippen LogP contribution in [0.1, 0.15) is 5.69 Å². The molecule has 0 saturated carbocycles. The van der Waals surface area contributed by atoms with Crippen molar-refractivity contribution in [2.24, 2.45) is 10.2 Å². The number of benzene rings is 3. The molecule has 0 saturated heterocycles. The van der Waals surface area contributed by atoms with Crippen LogP contribution in [0.25, 0.3) is 28.2 Å². The predicted octanol–water partition coefficient (Wildman–Crippen LogP) is 4.58. The summed E-state index contributed by atoms with van der Waals surface area (Å²) in [6.45, 7) is 1.66. The molecule has 2 heterocycles. The molecule has 0 fully saturated rings. The number of nitrogens with zero attached hydrogens (tertiary/aromatic N) is 6. The molecule has 0 amide bonds. The second-order valence-electron chi connectivity index (χ2n) is 7.40. The Morgan fingerprint density at radius 3 is 2.59 bits per heavy atom. The SMILES string of the molecule is Cc1[nH]n(-c2cccc(F)c2)c(=O)c1N=Nc1cccc(-c2cccc(-c3nn[nH]n3)c2)c1O. The highest BCUT2D eigenvalue weighted by molar-refractivity contribution is 5.78. The monoisotopic (exact) mass is 456 g/mol. The van der Waals surface area contributed by atoms with E-state index in [2.05, 4.69) is 36.0 Å². The van der Waals surface area contributed by atoms with Gasteiger partial charge in [-0.15, -0.1) is 20.4 Å². The van der Waals surface area contributed by atoms with E-state index in [1.807, 2.05) is 24.3 Å². The molecule has 3 aromatic carbocycles. The summed E-state index contributed by atoms with van der Waals surface area (Å²) in [5, 5.41) is 35.8. The summed E-state index contributed by atoms with van der Waals surface area (Å²) in [6, 6.07) is 17.9. The molecule has 168 valence electrons. The molecule has 11 heteroatoms. The van der Waals surface area contributed by atoms with Crippen molar-refractivity contribution in [2.75, 3.05) is 0 Å². The molecule has 2 aromatic heterocycles. The molecule has 10 nitrogen and oxygen atoms in total. The van der Waals surface area contributed by atoms with Crippen LogP contribution >= 0.6 is 0 Å². The largest absolute Gasteiger partial charge is 0.505 e. The zero-order valence-corrected chi connectivity index (χ0v) is 17.8. The number of hydrogen-bond donors (Lipinski definition) is 3. The quantitative estimate of drug-likeness (QED) is 0.332. The van der Waals surface area contributed by atoms with Gasteiger partial charge in [-0.1, -0.05) is 36.4 Å². The highest BCUT2D eigenvalue weighted by atomic mass is 19.1. The number of aromatic hydroxyl groups is 1. The molecule has 3 N–H and O–H groups in total. The van der Waals surface area contributed by atoms with Crippen molar-refractivity contribution in [3.05, 3.63) is 88.6 Å². The third-order valence-electron chi connectivity index (χ3n) is 5.16. The molecule has 5 aromatic rings. The van der Waals surface area contributed by atoms with Crippen LogP contribution < -0.4 is 5.56 Å². The van der Waals surface area contributed by atoms with Gasteiger partial charge in [-0.3, -0.25) is 9.89 Å². The van der Waals surface area contributed by atoms with Crippen molar-refractivity contribution in [3.63, 3.8) is 0 Å². The number of nitrogens with one attached hydrogen (secondary N) is 2. The van der Waals surface area contributed by atoms with E-state index in [-0.39, 0.29) is 17.1 Å². The lowest BCUT2D eigenvalue weighted by Gasteiger charge is -2.07. The van der Waals surface area contributed by atoms with Crippen LogP contribution in [0.4, 0.5) is 15.8 Å². The van der Waals surface area contributed by atoms with Gasteiger partial charge in [0.15, 0.2) is 11.4 Å². The average Bonchev–Trinajstić information content (AvgIpc) is 3.47. The fraction of sp³-hybridized carbons (Fsp3) is 0.0435. The van der Waals surface area contributed by atoms with Crippen molar-refractivity contribution >= 4 is 11.4 Å². The van der Waals surface area contributed by atoms with Gasteiger partial charge < -0.3 is 5.11 Å². The lowest BCUT2D eigenvalue weighted by Crippen LogP contribution is -2.14. The minimum absolute atomic E-state index is 0.0492. The fourth-order valence-electron chi connectivity index (χ4n) is 3.51.